The van der Waals surface area contributed by atoms with Gasteiger partial charge in [0, 0.05) is 18.1 Å². The van der Waals surface area contributed by atoms with Crippen LogP contribution in [0.15, 0.2) is 45.6 Å². The second-order valence-corrected chi connectivity index (χ2v) is 6.20. The third-order valence-corrected chi connectivity index (χ3v) is 4.04. The molecule has 1 aromatic carbocycles. The fourth-order valence-corrected chi connectivity index (χ4v) is 2.61. The van der Waals surface area contributed by atoms with E-state index in [1.54, 1.807) is 12.1 Å². The van der Waals surface area contributed by atoms with Gasteiger partial charge >= 0.3 is 5.63 Å². The average molecular weight is 332 g/mol. The Kier molecular flexibility index (Phi) is 11.7. The first-order chi connectivity index (χ1) is 11.8. The van der Waals surface area contributed by atoms with Crippen LogP contribution in [0.2, 0.25) is 0 Å². The summed E-state index contributed by atoms with van der Waals surface area (Å²) in [4.78, 5) is 10.7. The zero-order chi connectivity index (χ0) is 17.5. The zero-order valence-corrected chi connectivity index (χ0v) is 15.0. The Morgan fingerprint density at radius 2 is 1.38 bits per heavy atom. The molecule has 3 nitrogen and oxygen atoms in total. The Labute approximate surface area is 145 Å². The van der Waals surface area contributed by atoms with E-state index in [2.05, 4.69) is 6.92 Å². The first kappa shape index (κ1) is 20.4. The Balaban J connectivity index is 0.000000242. The van der Waals surface area contributed by atoms with Crippen molar-refractivity contribution in [2.24, 2.45) is 0 Å². The van der Waals surface area contributed by atoms with Gasteiger partial charge in [0.2, 0.25) is 0 Å². The molecule has 3 heteroatoms. The molecule has 0 fully saturated rings. The van der Waals surface area contributed by atoms with E-state index >= 15 is 0 Å². The van der Waals surface area contributed by atoms with Gasteiger partial charge in [-0.2, -0.15) is 0 Å². The lowest BCUT2D eigenvalue weighted by Crippen LogP contribution is -1.93. The van der Waals surface area contributed by atoms with Crippen molar-refractivity contribution in [1.82, 2.24) is 0 Å². The molecule has 2 aromatic rings. The topological polar surface area (TPSA) is 50.4 Å². The van der Waals surface area contributed by atoms with Crippen LogP contribution in [-0.4, -0.2) is 11.7 Å². The number of para-hydroxylation sites is 1. The van der Waals surface area contributed by atoms with Gasteiger partial charge in [-0.1, -0.05) is 82.9 Å². The number of fused-ring (bicyclic) bond motifs is 1. The van der Waals surface area contributed by atoms with Gasteiger partial charge in [-0.05, 0) is 18.6 Å². The SMILES string of the molecule is CCCCCCCCCCCCO.O=c1ccc2ccccc2o1. The van der Waals surface area contributed by atoms with E-state index in [9.17, 15) is 4.79 Å². The fraction of sp³-hybridized carbons (Fsp3) is 0.571. The number of benzene rings is 1. The summed E-state index contributed by atoms with van der Waals surface area (Å²) in [6.07, 6.45) is 13.3. The highest BCUT2D eigenvalue weighted by atomic mass is 16.4. The van der Waals surface area contributed by atoms with Crippen LogP contribution in [0.5, 0.6) is 0 Å². The highest BCUT2D eigenvalue weighted by molar-refractivity contribution is 5.75. The molecule has 0 radical (unpaired) electrons. The molecule has 0 spiro atoms. The fourth-order valence-electron chi connectivity index (χ4n) is 2.61. The lowest BCUT2D eigenvalue weighted by atomic mass is 10.1. The van der Waals surface area contributed by atoms with E-state index in [4.69, 9.17) is 9.52 Å². The maximum atomic E-state index is 10.7. The van der Waals surface area contributed by atoms with Crippen molar-refractivity contribution in [2.75, 3.05) is 6.61 Å². The van der Waals surface area contributed by atoms with Gasteiger partial charge in [-0.25, -0.2) is 4.79 Å². The summed E-state index contributed by atoms with van der Waals surface area (Å²) in [7, 11) is 0. The van der Waals surface area contributed by atoms with Crippen LogP contribution in [0, 0.1) is 0 Å². The molecule has 0 amide bonds. The lowest BCUT2D eigenvalue weighted by molar-refractivity contribution is 0.282. The highest BCUT2D eigenvalue weighted by Crippen LogP contribution is 2.10. The second-order valence-electron chi connectivity index (χ2n) is 6.20. The minimum Gasteiger partial charge on any atom is -0.423 e. The van der Waals surface area contributed by atoms with Gasteiger partial charge in [-0.3, -0.25) is 0 Å². The van der Waals surface area contributed by atoms with Gasteiger partial charge in [-0.15, -0.1) is 0 Å². The number of aliphatic hydroxyl groups is 1. The maximum absolute atomic E-state index is 10.7. The number of hydrogen-bond acceptors (Lipinski definition) is 3. The molecule has 2 rings (SSSR count). The van der Waals surface area contributed by atoms with Crippen LogP contribution in [0.3, 0.4) is 0 Å². The van der Waals surface area contributed by atoms with Crippen LogP contribution >= 0.6 is 0 Å². The second kappa shape index (κ2) is 13.8. The Bertz CT molecular complexity index is 579. The summed E-state index contributed by atoms with van der Waals surface area (Å²) in [5, 5.41) is 9.52. The number of hydrogen-bond donors (Lipinski definition) is 1. The molecule has 1 N–H and O–H groups in total. The predicted molar refractivity (Wildman–Crippen MR) is 101 cm³/mol. The molecular weight excluding hydrogens is 300 g/mol. The molecule has 1 aromatic heterocycles. The molecule has 24 heavy (non-hydrogen) atoms. The maximum Gasteiger partial charge on any atom is 0.336 e. The van der Waals surface area contributed by atoms with Gasteiger partial charge < -0.3 is 9.52 Å². The van der Waals surface area contributed by atoms with E-state index < -0.39 is 0 Å². The molecular formula is C21H32O3. The number of unbranched alkanes of at least 4 members (excludes halogenated alkanes) is 9. The lowest BCUT2D eigenvalue weighted by Gasteiger charge is -2.00. The van der Waals surface area contributed by atoms with Crippen LogP contribution in [0.1, 0.15) is 71.1 Å². The van der Waals surface area contributed by atoms with E-state index in [-0.39, 0.29) is 5.63 Å². The standard InChI is InChI=1S/C12H26O.C9H6O2/c1-2-3-4-5-6-7-8-9-10-11-12-13;10-9-6-5-7-3-1-2-4-8(7)11-9/h13H,2-12H2,1H3;1-6H. The van der Waals surface area contributed by atoms with Crippen molar-refractivity contribution in [3.05, 3.63) is 46.8 Å². The third-order valence-electron chi connectivity index (χ3n) is 4.04. The van der Waals surface area contributed by atoms with Gasteiger partial charge in [0.05, 0.1) is 0 Å². The van der Waals surface area contributed by atoms with E-state index in [0.29, 0.717) is 12.2 Å². The van der Waals surface area contributed by atoms with Gasteiger partial charge in [0.1, 0.15) is 5.58 Å². The quantitative estimate of drug-likeness (QED) is 0.449. The van der Waals surface area contributed by atoms with Crippen LogP contribution in [0.4, 0.5) is 0 Å². The predicted octanol–water partition coefficient (Wildman–Crippen LogP) is 5.69. The van der Waals surface area contributed by atoms with Crippen molar-refractivity contribution < 1.29 is 9.52 Å². The molecule has 134 valence electrons. The Hall–Kier alpha value is -1.61. The van der Waals surface area contributed by atoms with E-state index in [0.717, 1.165) is 11.8 Å². The van der Waals surface area contributed by atoms with Crippen molar-refractivity contribution in [3.8, 4) is 0 Å². The van der Waals surface area contributed by atoms with Crippen LogP contribution in [0.25, 0.3) is 11.0 Å². The van der Waals surface area contributed by atoms with Crippen LogP contribution in [-0.2, 0) is 0 Å². The van der Waals surface area contributed by atoms with Crippen molar-refractivity contribution >= 4 is 11.0 Å². The monoisotopic (exact) mass is 332 g/mol. The summed E-state index contributed by atoms with van der Waals surface area (Å²) < 4.78 is 4.91. The summed E-state index contributed by atoms with van der Waals surface area (Å²) in [5.74, 6) is 0. The summed E-state index contributed by atoms with van der Waals surface area (Å²) in [6, 6.07) is 10.6. The van der Waals surface area contributed by atoms with Crippen molar-refractivity contribution in [3.63, 3.8) is 0 Å². The van der Waals surface area contributed by atoms with E-state index in [1.165, 1.54) is 63.9 Å². The molecule has 0 aliphatic rings. The number of aliphatic hydroxyl groups excluding tert-OH is 1. The minimum atomic E-state index is -0.302. The summed E-state index contributed by atoms with van der Waals surface area (Å²) >= 11 is 0. The van der Waals surface area contributed by atoms with Gasteiger partial charge in [0.25, 0.3) is 0 Å². The smallest absolute Gasteiger partial charge is 0.336 e. The van der Waals surface area contributed by atoms with Crippen molar-refractivity contribution in [1.29, 1.82) is 0 Å². The normalized spacial score (nSPS) is 10.4. The molecule has 0 saturated heterocycles. The van der Waals surface area contributed by atoms with Crippen molar-refractivity contribution in [2.45, 2.75) is 71.1 Å². The molecule has 0 aliphatic carbocycles. The highest BCUT2D eigenvalue weighted by Gasteiger charge is 1.92. The molecule has 0 bridgehead atoms. The average Bonchev–Trinajstić information content (AvgIpc) is 2.61. The first-order valence-electron chi connectivity index (χ1n) is 9.37. The zero-order valence-electron chi connectivity index (χ0n) is 15.0. The molecule has 1 heterocycles. The molecule has 0 atom stereocenters. The van der Waals surface area contributed by atoms with Crippen LogP contribution < -0.4 is 5.63 Å². The third kappa shape index (κ3) is 9.51. The molecule has 0 aliphatic heterocycles. The largest absolute Gasteiger partial charge is 0.423 e. The number of rotatable bonds is 10. The molecule has 0 saturated carbocycles. The Morgan fingerprint density at radius 3 is 2.00 bits per heavy atom. The Morgan fingerprint density at radius 1 is 0.792 bits per heavy atom. The van der Waals surface area contributed by atoms with Gasteiger partial charge in [0.15, 0.2) is 0 Å². The minimum absolute atomic E-state index is 0.302. The first-order valence-corrected chi connectivity index (χ1v) is 9.37. The summed E-state index contributed by atoms with van der Waals surface area (Å²) in [5.41, 5.74) is 0.337. The summed E-state index contributed by atoms with van der Waals surface area (Å²) in [6.45, 7) is 2.63. The molecule has 0 unspecified atom stereocenters. The van der Waals surface area contributed by atoms with E-state index in [1.807, 2.05) is 18.2 Å².